The lowest BCUT2D eigenvalue weighted by Crippen LogP contribution is -2.39. The van der Waals surface area contributed by atoms with E-state index >= 15 is 0 Å². The molecule has 0 aliphatic carbocycles. The number of benzene rings is 2. The first-order valence-corrected chi connectivity index (χ1v) is 13.1. The van der Waals surface area contributed by atoms with Crippen molar-refractivity contribution in [1.82, 2.24) is 4.57 Å². The highest BCUT2D eigenvalue weighted by Crippen LogP contribution is 2.35. The normalized spacial score (nSPS) is 14.8. The van der Waals surface area contributed by atoms with Gasteiger partial charge in [0.2, 0.25) is 0 Å². The highest BCUT2D eigenvalue weighted by molar-refractivity contribution is 7.07. The third kappa shape index (κ3) is 5.15. The average Bonchev–Trinajstić information content (AvgIpc) is 3.54. The van der Waals surface area contributed by atoms with Gasteiger partial charge in [0.05, 0.1) is 36.5 Å². The third-order valence-corrected chi connectivity index (χ3v) is 7.03. The predicted octanol–water partition coefficient (Wildman–Crippen LogP) is 4.21. The lowest BCUT2D eigenvalue weighted by molar-refractivity contribution is -0.136. The maximum Gasteiger partial charge on any atom is 0.337 e. The van der Waals surface area contributed by atoms with Crippen molar-refractivity contribution in [3.05, 3.63) is 103 Å². The van der Waals surface area contributed by atoms with E-state index in [0.717, 1.165) is 0 Å². The standard InChI is InChI=1S/C29H25FN2O6S/c1-4-36-23-12-8-18(14-24(23)37-5-2)26-21(28(34)35-3)16-31-29-32(26)27(33)25(39-29)15-20-11-13-22(38-20)17-6-9-19(30)10-7-17/h6-16,26H,4-5H2,1-3H3/b25-15-/t26-/m1/s1. The fourth-order valence-electron chi connectivity index (χ4n) is 4.32. The summed E-state index contributed by atoms with van der Waals surface area (Å²) in [5, 5.41) is 0. The summed E-state index contributed by atoms with van der Waals surface area (Å²) >= 11 is 1.18. The molecule has 0 unspecified atom stereocenters. The SMILES string of the molecule is CCOc1ccc([C@@H]2C(C(=O)OC)=CN=c3s/c(=C\c4ccc(-c5ccc(F)cc5)o4)c(=O)n32)cc1OCC. The summed E-state index contributed by atoms with van der Waals surface area (Å²) in [6.07, 6.45) is 3.06. The van der Waals surface area contributed by atoms with Crippen molar-refractivity contribution in [1.29, 1.82) is 0 Å². The molecule has 0 amide bonds. The van der Waals surface area contributed by atoms with E-state index in [2.05, 4.69) is 4.99 Å². The van der Waals surface area contributed by atoms with E-state index in [1.165, 1.54) is 41.3 Å². The lowest BCUT2D eigenvalue weighted by Gasteiger charge is -2.23. The first-order chi connectivity index (χ1) is 18.9. The molecule has 0 N–H and O–H groups in total. The second kappa shape index (κ2) is 11.1. The van der Waals surface area contributed by atoms with Crippen LogP contribution in [0.3, 0.4) is 0 Å². The molecule has 4 aromatic rings. The van der Waals surface area contributed by atoms with Gasteiger partial charge < -0.3 is 18.6 Å². The highest BCUT2D eigenvalue weighted by Gasteiger charge is 2.31. The first-order valence-electron chi connectivity index (χ1n) is 12.3. The van der Waals surface area contributed by atoms with Crippen LogP contribution in [0.15, 0.2) is 80.6 Å². The molecular formula is C29H25FN2O6S. The van der Waals surface area contributed by atoms with Gasteiger partial charge in [-0.1, -0.05) is 17.4 Å². The van der Waals surface area contributed by atoms with Crippen LogP contribution in [0.4, 0.5) is 4.39 Å². The van der Waals surface area contributed by atoms with Crippen molar-refractivity contribution in [2.45, 2.75) is 19.9 Å². The minimum absolute atomic E-state index is 0.208. The first kappa shape index (κ1) is 26.2. The number of esters is 1. The number of carbonyl (C=O) groups is 1. The number of ether oxygens (including phenoxy) is 3. The van der Waals surface area contributed by atoms with Gasteiger partial charge in [0.15, 0.2) is 16.3 Å². The molecule has 0 saturated carbocycles. The molecule has 39 heavy (non-hydrogen) atoms. The molecule has 0 fully saturated rings. The number of aromatic nitrogens is 1. The largest absolute Gasteiger partial charge is 0.490 e. The molecule has 3 heterocycles. The average molecular weight is 549 g/mol. The van der Waals surface area contributed by atoms with Crippen LogP contribution in [0.5, 0.6) is 11.5 Å². The quantitative estimate of drug-likeness (QED) is 0.306. The number of nitrogens with zero attached hydrogens (tertiary/aromatic N) is 2. The van der Waals surface area contributed by atoms with E-state index < -0.39 is 12.0 Å². The smallest absolute Gasteiger partial charge is 0.337 e. The molecule has 1 aliphatic heterocycles. The van der Waals surface area contributed by atoms with E-state index in [1.807, 2.05) is 13.8 Å². The van der Waals surface area contributed by atoms with Gasteiger partial charge in [-0.25, -0.2) is 14.2 Å². The number of hydrogen-bond donors (Lipinski definition) is 0. The maximum atomic E-state index is 13.7. The van der Waals surface area contributed by atoms with Gasteiger partial charge in [0.25, 0.3) is 5.56 Å². The molecule has 10 heteroatoms. The molecule has 0 bridgehead atoms. The molecule has 0 radical (unpaired) electrons. The van der Waals surface area contributed by atoms with Crippen molar-refractivity contribution >= 4 is 23.4 Å². The minimum Gasteiger partial charge on any atom is -0.490 e. The number of rotatable bonds is 8. The van der Waals surface area contributed by atoms with Crippen molar-refractivity contribution in [2.75, 3.05) is 20.3 Å². The summed E-state index contributed by atoms with van der Waals surface area (Å²) in [7, 11) is 1.28. The Labute approximate surface area is 226 Å². The van der Waals surface area contributed by atoms with Crippen LogP contribution in [0.25, 0.3) is 17.4 Å². The zero-order valence-corrected chi connectivity index (χ0v) is 22.3. The summed E-state index contributed by atoms with van der Waals surface area (Å²) in [5.41, 5.74) is 1.21. The molecule has 1 atom stereocenters. The van der Waals surface area contributed by atoms with Gasteiger partial charge in [-0.2, -0.15) is 0 Å². The number of methoxy groups -OCH3 is 1. The Balaban J connectivity index is 1.60. The van der Waals surface area contributed by atoms with E-state index in [-0.39, 0.29) is 16.9 Å². The van der Waals surface area contributed by atoms with Gasteiger partial charge in [-0.3, -0.25) is 9.36 Å². The number of hydrogen-bond acceptors (Lipinski definition) is 8. The van der Waals surface area contributed by atoms with Crippen LogP contribution < -0.4 is 24.4 Å². The minimum atomic E-state index is -0.794. The Morgan fingerprint density at radius 1 is 1.08 bits per heavy atom. The number of halogens is 1. The Hall–Kier alpha value is -4.44. The highest BCUT2D eigenvalue weighted by atomic mass is 32.1. The zero-order valence-electron chi connectivity index (χ0n) is 21.5. The summed E-state index contributed by atoms with van der Waals surface area (Å²) < 4.78 is 37.5. The number of carbonyl (C=O) groups excluding carboxylic acids is 1. The zero-order chi connectivity index (χ0) is 27.5. The Morgan fingerprint density at radius 3 is 2.54 bits per heavy atom. The molecule has 2 aromatic carbocycles. The number of furan rings is 1. The third-order valence-electron chi connectivity index (χ3n) is 6.04. The maximum absolute atomic E-state index is 13.7. The van der Waals surface area contributed by atoms with Gasteiger partial charge >= 0.3 is 5.97 Å². The number of thiazole rings is 1. The van der Waals surface area contributed by atoms with Gasteiger partial charge in [-0.15, -0.1) is 0 Å². The van der Waals surface area contributed by atoms with Gasteiger partial charge in [0, 0.05) is 17.8 Å². The van der Waals surface area contributed by atoms with Crippen LogP contribution in [0, 0.1) is 5.82 Å². The van der Waals surface area contributed by atoms with Crippen LogP contribution in [0.1, 0.15) is 31.2 Å². The van der Waals surface area contributed by atoms with Gasteiger partial charge in [-0.05, 0) is 67.9 Å². The van der Waals surface area contributed by atoms with Crippen molar-refractivity contribution < 1.29 is 27.8 Å². The van der Waals surface area contributed by atoms with E-state index in [1.54, 1.807) is 48.5 Å². The van der Waals surface area contributed by atoms with Crippen LogP contribution in [0.2, 0.25) is 0 Å². The summed E-state index contributed by atoms with van der Waals surface area (Å²) in [6.45, 7) is 4.61. The number of fused-ring (bicyclic) bond motifs is 1. The van der Waals surface area contributed by atoms with Gasteiger partial charge in [0.1, 0.15) is 17.3 Å². The van der Waals surface area contributed by atoms with Crippen LogP contribution in [-0.4, -0.2) is 30.9 Å². The Bertz CT molecular complexity index is 1730. The second-order valence-electron chi connectivity index (χ2n) is 8.46. The van der Waals surface area contributed by atoms with E-state index in [0.29, 0.717) is 56.7 Å². The molecule has 1 aliphatic rings. The Kier molecular flexibility index (Phi) is 7.47. The van der Waals surface area contributed by atoms with Crippen molar-refractivity contribution in [3.63, 3.8) is 0 Å². The second-order valence-corrected chi connectivity index (χ2v) is 9.47. The molecule has 0 saturated heterocycles. The molecule has 2 aromatic heterocycles. The van der Waals surface area contributed by atoms with Crippen LogP contribution >= 0.6 is 11.3 Å². The topological polar surface area (TPSA) is 92.3 Å². The molecule has 200 valence electrons. The summed E-state index contributed by atoms with van der Waals surface area (Å²) in [5.74, 6) is 1.12. The van der Waals surface area contributed by atoms with Crippen LogP contribution in [-0.2, 0) is 9.53 Å². The van der Waals surface area contributed by atoms with Crippen molar-refractivity contribution in [3.8, 4) is 22.8 Å². The summed E-state index contributed by atoms with van der Waals surface area (Å²) in [4.78, 5) is 31.3. The van der Waals surface area contributed by atoms with Crippen molar-refractivity contribution in [2.24, 2.45) is 4.99 Å². The van der Waals surface area contributed by atoms with E-state index in [9.17, 15) is 14.0 Å². The molecule has 5 rings (SSSR count). The fourth-order valence-corrected chi connectivity index (χ4v) is 5.27. The lowest BCUT2D eigenvalue weighted by atomic mass is 9.97. The Morgan fingerprint density at radius 2 is 1.82 bits per heavy atom. The molecule has 0 spiro atoms. The monoisotopic (exact) mass is 548 g/mol. The molecular weight excluding hydrogens is 523 g/mol. The predicted molar refractivity (Wildman–Crippen MR) is 144 cm³/mol. The molecule has 8 nitrogen and oxygen atoms in total. The summed E-state index contributed by atoms with van der Waals surface area (Å²) in [6, 6.07) is 13.9. The van der Waals surface area contributed by atoms with E-state index in [4.69, 9.17) is 18.6 Å². The fraction of sp³-hybridized carbons (Fsp3) is 0.207.